The number of aromatic nitrogens is 3. The van der Waals surface area contributed by atoms with Gasteiger partial charge in [0.1, 0.15) is 5.69 Å². The second-order valence-corrected chi connectivity index (χ2v) is 5.68. The largest absolute Gasteiger partial charge is 0.353 e. The van der Waals surface area contributed by atoms with Crippen molar-refractivity contribution in [2.45, 2.75) is 38.8 Å². The number of hydrogen-bond acceptors (Lipinski definition) is 5. The Bertz CT molecular complexity index is 866. The van der Waals surface area contributed by atoms with E-state index in [-0.39, 0.29) is 18.3 Å². The van der Waals surface area contributed by atoms with E-state index >= 15 is 0 Å². The predicted molar refractivity (Wildman–Crippen MR) is 82.6 cm³/mol. The lowest BCUT2D eigenvalue weighted by Crippen LogP contribution is -2.44. The van der Waals surface area contributed by atoms with Gasteiger partial charge in [-0.3, -0.25) is 24.5 Å². The van der Waals surface area contributed by atoms with Crippen LogP contribution in [-0.2, 0) is 6.54 Å². The lowest BCUT2D eigenvalue weighted by atomic mass is 9.92. The molecule has 0 N–H and O–H groups in total. The Labute approximate surface area is 131 Å². The Morgan fingerprint density at radius 3 is 2.48 bits per heavy atom. The molecule has 0 aliphatic heterocycles. The molecule has 0 unspecified atom stereocenters. The molecule has 0 atom stereocenters. The van der Waals surface area contributed by atoms with Crippen molar-refractivity contribution in [2.24, 2.45) is 0 Å². The minimum absolute atomic E-state index is 0.00593. The Morgan fingerprint density at radius 1 is 1.30 bits per heavy atom. The van der Waals surface area contributed by atoms with E-state index in [1.165, 1.54) is 11.5 Å². The first-order valence-corrected chi connectivity index (χ1v) is 7.40. The standard InChI is InChI=1S/C15H16N4O4/c1-10-13(19(22)23)14(20)17(9-11-5-7-16-8-6-11)15(21)18(10)12-3-2-4-12/h5-8,12H,2-4,9H2,1H3. The molecule has 8 heteroatoms. The molecular weight excluding hydrogens is 300 g/mol. The van der Waals surface area contributed by atoms with Crippen LogP contribution in [0.25, 0.3) is 0 Å². The Kier molecular flexibility index (Phi) is 3.81. The smallest absolute Gasteiger partial charge is 0.288 e. The fourth-order valence-corrected chi connectivity index (χ4v) is 2.85. The molecule has 23 heavy (non-hydrogen) atoms. The van der Waals surface area contributed by atoms with Gasteiger partial charge >= 0.3 is 16.9 Å². The van der Waals surface area contributed by atoms with Gasteiger partial charge < -0.3 is 0 Å². The number of hydrogen-bond donors (Lipinski definition) is 0. The van der Waals surface area contributed by atoms with Crippen LogP contribution in [0.3, 0.4) is 0 Å². The van der Waals surface area contributed by atoms with Gasteiger partial charge in [-0.15, -0.1) is 0 Å². The molecule has 1 saturated carbocycles. The van der Waals surface area contributed by atoms with Crippen molar-refractivity contribution >= 4 is 5.69 Å². The highest BCUT2D eigenvalue weighted by Crippen LogP contribution is 2.32. The first-order chi connectivity index (χ1) is 11.0. The molecule has 0 bridgehead atoms. The molecule has 2 heterocycles. The maximum absolute atomic E-state index is 12.7. The number of pyridine rings is 1. The highest BCUT2D eigenvalue weighted by Gasteiger charge is 2.30. The molecule has 0 spiro atoms. The average molecular weight is 316 g/mol. The Balaban J connectivity index is 2.22. The van der Waals surface area contributed by atoms with E-state index in [0.717, 1.165) is 23.8 Å². The SMILES string of the molecule is Cc1c([N+](=O)[O-])c(=O)n(Cc2ccncc2)c(=O)n1C1CCC1. The maximum Gasteiger partial charge on any atom is 0.353 e. The molecular formula is C15H16N4O4. The first kappa shape index (κ1) is 15.1. The van der Waals surface area contributed by atoms with Gasteiger partial charge in [-0.05, 0) is 43.9 Å². The number of rotatable bonds is 4. The van der Waals surface area contributed by atoms with Crippen molar-refractivity contribution in [3.63, 3.8) is 0 Å². The Morgan fingerprint density at radius 2 is 1.96 bits per heavy atom. The van der Waals surface area contributed by atoms with Crippen LogP contribution in [0.15, 0.2) is 34.1 Å². The summed E-state index contributed by atoms with van der Waals surface area (Å²) in [6.45, 7) is 1.46. The van der Waals surface area contributed by atoms with Gasteiger partial charge in [0.25, 0.3) is 0 Å². The van der Waals surface area contributed by atoms with Crippen LogP contribution in [0.1, 0.15) is 36.6 Å². The number of nitrogens with zero attached hydrogens (tertiary/aromatic N) is 4. The minimum Gasteiger partial charge on any atom is -0.288 e. The lowest BCUT2D eigenvalue weighted by molar-refractivity contribution is -0.387. The topological polar surface area (TPSA) is 100 Å². The summed E-state index contributed by atoms with van der Waals surface area (Å²) in [6.07, 6.45) is 5.67. The molecule has 1 aliphatic rings. The van der Waals surface area contributed by atoms with Crippen molar-refractivity contribution in [3.05, 3.63) is 66.7 Å². The summed E-state index contributed by atoms with van der Waals surface area (Å²) in [6, 6.07) is 3.28. The average Bonchev–Trinajstić information content (AvgIpc) is 2.47. The summed E-state index contributed by atoms with van der Waals surface area (Å²) in [5.41, 5.74) is -1.03. The van der Waals surface area contributed by atoms with Crippen molar-refractivity contribution < 1.29 is 4.92 Å². The molecule has 8 nitrogen and oxygen atoms in total. The van der Waals surface area contributed by atoms with E-state index in [1.54, 1.807) is 24.5 Å². The summed E-state index contributed by atoms with van der Waals surface area (Å²) in [5.74, 6) is 0. The normalized spacial score (nSPS) is 14.5. The quantitative estimate of drug-likeness (QED) is 0.627. The summed E-state index contributed by atoms with van der Waals surface area (Å²) in [4.78, 5) is 39.6. The fraction of sp³-hybridized carbons (Fsp3) is 0.400. The first-order valence-electron chi connectivity index (χ1n) is 7.40. The summed E-state index contributed by atoms with van der Waals surface area (Å²) < 4.78 is 2.35. The molecule has 120 valence electrons. The molecule has 2 aromatic rings. The van der Waals surface area contributed by atoms with Crippen molar-refractivity contribution in [1.82, 2.24) is 14.1 Å². The van der Waals surface area contributed by atoms with Crippen LogP contribution in [0, 0.1) is 17.0 Å². The third-order valence-electron chi connectivity index (χ3n) is 4.30. The molecule has 2 aromatic heterocycles. The van der Waals surface area contributed by atoms with Crippen LogP contribution in [-0.4, -0.2) is 19.0 Å². The second-order valence-electron chi connectivity index (χ2n) is 5.68. The second kappa shape index (κ2) is 5.79. The maximum atomic E-state index is 12.7. The fourth-order valence-electron chi connectivity index (χ4n) is 2.85. The van der Waals surface area contributed by atoms with Crippen LogP contribution in [0.5, 0.6) is 0 Å². The zero-order valence-electron chi connectivity index (χ0n) is 12.6. The molecule has 0 radical (unpaired) electrons. The van der Waals surface area contributed by atoms with Gasteiger partial charge in [-0.2, -0.15) is 0 Å². The van der Waals surface area contributed by atoms with Crippen LogP contribution in [0.2, 0.25) is 0 Å². The summed E-state index contributed by atoms with van der Waals surface area (Å²) in [7, 11) is 0. The van der Waals surface area contributed by atoms with E-state index in [1.807, 2.05) is 0 Å². The van der Waals surface area contributed by atoms with Crippen molar-refractivity contribution in [2.75, 3.05) is 0 Å². The molecule has 1 aliphatic carbocycles. The molecule has 0 aromatic carbocycles. The van der Waals surface area contributed by atoms with Crippen LogP contribution in [0.4, 0.5) is 5.69 Å². The third-order valence-corrected chi connectivity index (χ3v) is 4.30. The van der Waals surface area contributed by atoms with Crippen molar-refractivity contribution in [3.8, 4) is 0 Å². The van der Waals surface area contributed by atoms with E-state index in [9.17, 15) is 19.7 Å². The minimum atomic E-state index is -0.857. The van der Waals surface area contributed by atoms with Gasteiger partial charge in [-0.1, -0.05) is 0 Å². The highest BCUT2D eigenvalue weighted by atomic mass is 16.6. The van der Waals surface area contributed by atoms with Crippen LogP contribution < -0.4 is 11.2 Å². The summed E-state index contributed by atoms with van der Waals surface area (Å²) >= 11 is 0. The van der Waals surface area contributed by atoms with Gasteiger partial charge in [-0.25, -0.2) is 9.36 Å². The third kappa shape index (κ3) is 2.56. The predicted octanol–water partition coefficient (Wildman–Crippen LogP) is 1.39. The van der Waals surface area contributed by atoms with E-state index < -0.39 is 21.9 Å². The zero-order valence-corrected chi connectivity index (χ0v) is 12.6. The van der Waals surface area contributed by atoms with Gasteiger partial charge in [0.05, 0.1) is 11.5 Å². The zero-order chi connectivity index (χ0) is 16.6. The number of nitro groups is 1. The Hall–Kier alpha value is -2.77. The van der Waals surface area contributed by atoms with Crippen LogP contribution >= 0.6 is 0 Å². The monoisotopic (exact) mass is 316 g/mol. The molecule has 0 saturated heterocycles. The highest BCUT2D eigenvalue weighted by molar-refractivity contribution is 5.33. The molecule has 1 fully saturated rings. The lowest BCUT2D eigenvalue weighted by Gasteiger charge is -2.29. The van der Waals surface area contributed by atoms with Crippen molar-refractivity contribution in [1.29, 1.82) is 0 Å². The van der Waals surface area contributed by atoms with Gasteiger partial charge in [0.2, 0.25) is 0 Å². The molecule has 0 amide bonds. The summed E-state index contributed by atoms with van der Waals surface area (Å²) in [5, 5.41) is 11.3. The van der Waals surface area contributed by atoms with E-state index in [4.69, 9.17) is 0 Å². The molecule has 3 rings (SSSR count). The van der Waals surface area contributed by atoms with Gasteiger partial charge in [0.15, 0.2) is 0 Å². The van der Waals surface area contributed by atoms with Gasteiger partial charge in [0, 0.05) is 18.4 Å². The van der Waals surface area contributed by atoms with E-state index in [0.29, 0.717) is 5.56 Å². The van der Waals surface area contributed by atoms with E-state index in [2.05, 4.69) is 4.98 Å².